The van der Waals surface area contributed by atoms with Crippen LogP contribution in [-0.4, -0.2) is 27.7 Å². The summed E-state index contributed by atoms with van der Waals surface area (Å²) in [6.07, 6.45) is 3.39. The lowest BCUT2D eigenvalue weighted by Crippen LogP contribution is -1.98. The van der Waals surface area contributed by atoms with Gasteiger partial charge in [0, 0.05) is 6.20 Å². The van der Waals surface area contributed by atoms with Crippen LogP contribution in [0.15, 0.2) is 12.5 Å². The SMILES string of the molecule is C1=COCN1.[SiH3]O[SiH3]. The van der Waals surface area contributed by atoms with E-state index in [4.69, 9.17) is 0 Å². The predicted molar refractivity (Wildman–Crippen MR) is 39.2 cm³/mol. The monoisotopic (exact) mass is 149 g/mol. The van der Waals surface area contributed by atoms with Crippen molar-refractivity contribution < 1.29 is 8.85 Å². The zero-order valence-corrected chi connectivity index (χ0v) is 9.18. The number of ether oxygens (including phenoxy) is 1. The molecule has 0 amide bonds. The summed E-state index contributed by atoms with van der Waals surface area (Å²) in [6, 6.07) is 0. The third-order valence-electron chi connectivity index (χ3n) is 0.449. The van der Waals surface area contributed by atoms with Crippen LogP contribution in [0.4, 0.5) is 0 Å². The van der Waals surface area contributed by atoms with E-state index in [0.29, 0.717) is 6.73 Å². The molecule has 1 aliphatic rings. The van der Waals surface area contributed by atoms with Gasteiger partial charge in [0.2, 0.25) is 0 Å². The van der Waals surface area contributed by atoms with Crippen molar-refractivity contribution in [3.63, 3.8) is 0 Å². The number of hydrogen-bond acceptors (Lipinski definition) is 3. The molecule has 8 heavy (non-hydrogen) atoms. The highest BCUT2D eigenvalue weighted by Gasteiger charge is 1.79. The van der Waals surface area contributed by atoms with Gasteiger partial charge in [0.25, 0.3) is 0 Å². The molecule has 0 atom stereocenters. The summed E-state index contributed by atoms with van der Waals surface area (Å²) in [5.74, 6) is 0. The minimum atomic E-state index is 0.639. The van der Waals surface area contributed by atoms with Gasteiger partial charge in [0.05, 0.1) is 0 Å². The molecule has 0 aliphatic carbocycles. The minimum absolute atomic E-state index is 0.639. The fourth-order valence-corrected chi connectivity index (χ4v) is 0.241. The van der Waals surface area contributed by atoms with Crippen LogP contribution >= 0.6 is 0 Å². The Labute approximate surface area is 55.1 Å². The van der Waals surface area contributed by atoms with Crippen molar-refractivity contribution in [1.29, 1.82) is 0 Å². The van der Waals surface area contributed by atoms with E-state index in [2.05, 4.69) is 14.2 Å². The first-order valence-corrected chi connectivity index (χ1v) is 3.95. The van der Waals surface area contributed by atoms with Gasteiger partial charge in [-0.1, -0.05) is 0 Å². The van der Waals surface area contributed by atoms with Gasteiger partial charge in [0.15, 0.2) is 6.73 Å². The van der Waals surface area contributed by atoms with Gasteiger partial charge in [-0.15, -0.1) is 0 Å². The molecule has 1 aliphatic heterocycles. The molecule has 0 aromatic heterocycles. The predicted octanol–water partition coefficient (Wildman–Crippen LogP) is -2.40. The molecule has 0 aromatic rings. The lowest BCUT2D eigenvalue weighted by atomic mass is 11.0. The maximum Gasteiger partial charge on any atom is 0.157 e. The van der Waals surface area contributed by atoms with Crippen molar-refractivity contribution >= 4 is 21.0 Å². The standard InChI is InChI=1S/C3H5NO.H6OSi2/c1-2-5-3-4-1;2-1-3/h1-2,4H,3H2;2-3H3. The molecular weight excluding hydrogens is 138 g/mol. The Hall–Kier alpha value is -0.266. The molecule has 3 nitrogen and oxygen atoms in total. The van der Waals surface area contributed by atoms with Crippen molar-refractivity contribution in [3.05, 3.63) is 12.5 Å². The van der Waals surface area contributed by atoms with E-state index in [9.17, 15) is 0 Å². The highest BCUT2D eigenvalue weighted by atomic mass is 28.3. The van der Waals surface area contributed by atoms with Gasteiger partial charge in [-0.25, -0.2) is 0 Å². The van der Waals surface area contributed by atoms with Crippen LogP contribution in [0.1, 0.15) is 0 Å². The van der Waals surface area contributed by atoms with E-state index < -0.39 is 0 Å². The van der Waals surface area contributed by atoms with Gasteiger partial charge in [0.1, 0.15) is 27.2 Å². The molecule has 1 rings (SSSR count). The molecular formula is C3H11NO2Si2. The third-order valence-corrected chi connectivity index (χ3v) is 0.449. The van der Waals surface area contributed by atoms with Gasteiger partial charge in [-0.2, -0.15) is 0 Å². The Morgan fingerprint density at radius 3 is 2.38 bits per heavy atom. The van der Waals surface area contributed by atoms with E-state index in [1.807, 2.05) is 0 Å². The van der Waals surface area contributed by atoms with Crippen LogP contribution in [0.2, 0.25) is 0 Å². The maximum absolute atomic E-state index is 4.65. The van der Waals surface area contributed by atoms with Crippen molar-refractivity contribution in [2.45, 2.75) is 0 Å². The average Bonchev–Trinajstić information content (AvgIpc) is 2.17. The summed E-state index contributed by atoms with van der Waals surface area (Å²) >= 11 is 0. The summed E-state index contributed by atoms with van der Waals surface area (Å²) in [6.45, 7) is 0.639. The lowest BCUT2D eigenvalue weighted by Gasteiger charge is -1.82. The van der Waals surface area contributed by atoms with Gasteiger partial charge in [-0.05, 0) is 0 Å². The number of nitrogens with one attached hydrogen (secondary N) is 1. The molecule has 0 radical (unpaired) electrons. The molecule has 0 spiro atoms. The van der Waals surface area contributed by atoms with E-state index in [0.717, 1.165) is 21.0 Å². The Bertz CT molecular complexity index is 62.3. The summed E-state index contributed by atoms with van der Waals surface area (Å²) in [5, 5.41) is 2.82. The summed E-state index contributed by atoms with van der Waals surface area (Å²) < 4.78 is 9.18. The van der Waals surface area contributed by atoms with Crippen molar-refractivity contribution in [1.82, 2.24) is 5.32 Å². The third kappa shape index (κ3) is 5.73. The average molecular weight is 149 g/mol. The first kappa shape index (κ1) is 7.73. The highest BCUT2D eigenvalue weighted by molar-refractivity contribution is 6.15. The van der Waals surface area contributed by atoms with Crippen LogP contribution < -0.4 is 5.32 Å². The molecule has 1 heterocycles. The number of hydrogen-bond donors (Lipinski definition) is 1. The molecule has 0 fully saturated rings. The Balaban J connectivity index is 0.000000145. The summed E-state index contributed by atoms with van der Waals surface area (Å²) in [7, 11) is 1.86. The van der Waals surface area contributed by atoms with Gasteiger partial charge < -0.3 is 14.2 Å². The Morgan fingerprint density at radius 1 is 1.62 bits per heavy atom. The zero-order valence-electron chi connectivity index (χ0n) is 5.18. The van der Waals surface area contributed by atoms with Crippen LogP contribution in [0.3, 0.4) is 0 Å². The topological polar surface area (TPSA) is 30.5 Å². The zero-order chi connectivity index (χ0) is 6.24. The molecule has 0 saturated carbocycles. The van der Waals surface area contributed by atoms with E-state index in [1.165, 1.54) is 0 Å². The van der Waals surface area contributed by atoms with E-state index in [-0.39, 0.29) is 0 Å². The van der Waals surface area contributed by atoms with Crippen LogP contribution in [0, 0.1) is 0 Å². The molecule has 5 heteroatoms. The highest BCUT2D eigenvalue weighted by Crippen LogP contribution is 1.78. The molecule has 0 saturated heterocycles. The Morgan fingerprint density at radius 2 is 2.25 bits per heavy atom. The summed E-state index contributed by atoms with van der Waals surface area (Å²) in [4.78, 5) is 0. The second-order valence-corrected chi connectivity index (χ2v) is 4.49. The Kier molecular flexibility index (Phi) is 6.51. The van der Waals surface area contributed by atoms with Crippen LogP contribution in [-0.2, 0) is 8.85 Å². The maximum atomic E-state index is 4.65. The lowest BCUT2D eigenvalue weighted by molar-refractivity contribution is 0.267. The normalized spacial score (nSPS) is 14.0. The molecule has 0 aromatic carbocycles. The number of rotatable bonds is 0. The van der Waals surface area contributed by atoms with Gasteiger partial charge >= 0.3 is 0 Å². The molecule has 48 valence electrons. The first-order valence-electron chi connectivity index (χ1n) is 2.32. The van der Waals surface area contributed by atoms with E-state index >= 15 is 0 Å². The summed E-state index contributed by atoms with van der Waals surface area (Å²) in [5.41, 5.74) is 0. The van der Waals surface area contributed by atoms with Crippen LogP contribution in [0.5, 0.6) is 0 Å². The molecule has 0 unspecified atom stereocenters. The second kappa shape index (κ2) is 6.73. The minimum Gasteiger partial charge on any atom is -0.479 e. The van der Waals surface area contributed by atoms with Gasteiger partial charge in [-0.3, -0.25) is 0 Å². The smallest absolute Gasteiger partial charge is 0.157 e. The van der Waals surface area contributed by atoms with E-state index in [1.54, 1.807) is 12.5 Å². The fourth-order valence-electron chi connectivity index (χ4n) is 0.241. The largest absolute Gasteiger partial charge is 0.479 e. The molecule has 0 bridgehead atoms. The van der Waals surface area contributed by atoms with Crippen LogP contribution in [0.25, 0.3) is 0 Å². The van der Waals surface area contributed by atoms with Crippen molar-refractivity contribution in [2.24, 2.45) is 0 Å². The van der Waals surface area contributed by atoms with Crippen molar-refractivity contribution in [2.75, 3.05) is 6.73 Å². The fraction of sp³-hybridized carbons (Fsp3) is 0.333. The quantitative estimate of drug-likeness (QED) is 0.390. The first-order chi connectivity index (χ1) is 3.91. The second-order valence-electron chi connectivity index (χ2n) is 1.23. The van der Waals surface area contributed by atoms with Crippen molar-refractivity contribution in [3.8, 4) is 0 Å². The molecule has 1 N–H and O–H groups in total.